The molecule has 2 aliphatic heterocycles. The maximum Gasteiger partial charge on any atom is 0.122 e. The van der Waals surface area contributed by atoms with Gasteiger partial charge in [-0.1, -0.05) is 35.9 Å². The molecule has 0 aliphatic carbocycles. The van der Waals surface area contributed by atoms with Gasteiger partial charge in [0.15, 0.2) is 0 Å². The van der Waals surface area contributed by atoms with Crippen LogP contribution in [-0.2, 0) is 24.2 Å². The summed E-state index contributed by atoms with van der Waals surface area (Å²) in [5, 5.41) is 0. The molecule has 0 spiro atoms. The third-order valence-electron chi connectivity index (χ3n) is 4.33. The minimum atomic E-state index is 0.808. The fourth-order valence-electron chi connectivity index (χ4n) is 3.05. The highest BCUT2D eigenvalue weighted by Gasteiger charge is 2.10. The second-order valence-electron chi connectivity index (χ2n) is 6.08. The average molecular weight is 296 g/mol. The van der Waals surface area contributed by atoms with E-state index in [0.29, 0.717) is 0 Å². The minimum absolute atomic E-state index is 0.808. The highest BCUT2D eigenvalue weighted by Crippen LogP contribution is 2.25. The van der Waals surface area contributed by atoms with E-state index in [1.807, 2.05) is 0 Å². The van der Waals surface area contributed by atoms with Crippen molar-refractivity contribution in [1.82, 2.24) is 0 Å². The molecule has 2 aromatic rings. The van der Waals surface area contributed by atoms with Gasteiger partial charge < -0.3 is 9.47 Å². The van der Waals surface area contributed by atoms with Crippen LogP contribution in [0.15, 0.2) is 36.4 Å². The van der Waals surface area contributed by atoms with Crippen LogP contribution in [0.4, 0.5) is 0 Å². The molecule has 2 heterocycles. The Balaban J connectivity index is 0.000000131. The van der Waals surface area contributed by atoms with Crippen LogP contribution in [0, 0.1) is 13.8 Å². The lowest BCUT2D eigenvalue weighted by molar-refractivity contribution is 0.110. The number of hydrogen-bond donors (Lipinski definition) is 0. The van der Waals surface area contributed by atoms with Gasteiger partial charge in [-0.3, -0.25) is 0 Å². The maximum atomic E-state index is 5.48. The number of fused-ring (bicyclic) bond motifs is 2. The Labute approximate surface area is 133 Å². The van der Waals surface area contributed by atoms with Crippen molar-refractivity contribution in [2.75, 3.05) is 13.2 Å². The highest BCUT2D eigenvalue weighted by molar-refractivity contribution is 5.38. The fourth-order valence-corrected chi connectivity index (χ4v) is 3.05. The SMILES string of the molecule is Cc1ccc2c(c1)CCCO2.Cc1cccc2c1COCC2. The van der Waals surface area contributed by atoms with E-state index in [-0.39, 0.29) is 0 Å². The van der Waals surface area contributed by atoms with Gasteiger partial charge >= 0.3 is 0 Å². The molecule has 0 unspecified atom stereocenters. The molecule has 0 N–H and O–H groups in total. The summed E-state index contributed by atoms with van der Waals surface area (Å²) in [4.78, 5) is 0. The van der Waals surface area contributed by atoms with E-state index in [0.717, 1.165) is 38.4 Å². The standard InChI is InChI=1S/2C10H12O/c1-8-4-5-10-9(7-8)3-2-6-11-10;1-8-3-2-4-9-5-6-11-7-10(8)9/h4-5,7H,2-3,6H2,1H3;2-4H,5-7H2,1H3. The van der Waals surface area contributed by atoms with E-state index in [9.17, 15) is 0 Å². The molecule has 4 rings (SSSR count). The summed E-state index contributed by atoms with van der Waals surface area (Å²) in [6.45, 7) is 6.84. The second kappa shape index (κ2) is 6.97. The van der Waals surface area contributed by atoms with Gasteiger partial charge in [0, 0.05) is 0 Å². The summed E-state index contributed by atoms with van der Waals surface area (Å²) in [7, 11) is 0. The topological polar surface area (TPSA) is 18.5 Å². The van der Waals surface area contributed by atoms with E-state index >= 15 is 0 Å². The van der Waals surface area contributed by atoms with Crippen LogP contribution in [0.1, 0.15) is 34.2 Å². The van der Waals surface area contributed by atoms with Gasteiger partial charge in [-0.05, 0) is 61.4 Å². The predicted molar refractivity (Wildman–Crippen MR) is 89.5 cm³/mol. The van der Waals surface area contributed by atoms with Crippen molar-refractivity contribution in [3.8, 4) is 5.75 Å². The molecular weight excluding hydrogens is 272 g/mol. The van der Waals surface area contributed by atoms with Crippen LogP contribution in [0.25, 0.3) is 0 Å². The van der Waals surface area contributed by atoms with Gasteiger partial charge in [-0.2, -0.15) is 0 Å². The molecule has 0 fully saturated rings. The van der Waals surface area contributed by atoms with Crippen LogP contribution in [-0.4, -0.2) is 13.2 Å². The molecule has 2 nitrogen and oxygen atoms in total. The maximum absolute atomic E-state index is 5.48. The molecule has 0 saturated carbocycles. The van der Waals surface area contributed by atoms with E-state index in [1.165, 1.54) is 34.2 Å². The largest absolute Gasteiger partial charge is 0.493 e. The Morgan fingerprint density at radius 1 is 0.909 bits per heavy atom. The molecule has 2 aliphatic rings. The summed E-state index contributed by atoms with van der Waals surface area (Å²) in [6, 6.07) is 12.9. The highest BCUT2D eigenvalue weighted by atomic mass is 16.5. The van der Waals surface area contributed by atoms with Crippen molar-refractivity contribution < 1.29 is 9.47 Å². The Hall–Kier alpha value is -1.80. The summed E-state index contributed by atoms with van der Waals surface area (Å²) in [5.74, 6) is 1.09. The number of benzene rings is 2. The van der Waals surface area contributed by atoms with Crippen molar-refractivity contribution >= 4 is 0 Å². The van der Waals surface area contributed by atoms with E-state index < -0.39 is 0 Å². The van der Waals surface area contributed by atoms with Crippen LogP contribution in [0.3, 0.4) is 0 Å². The lowest BCUT2D eigenvalue weighted by atomic mass is 9.99. The zero-order valence-corrected chi connectivity index (χ0v) is 13.5. The Morgan fingerprint density at radius 2 is 1.82 bits per heavy atom. The van der Waals surface area contributed by atoms with E-state index in [4.69, 9.17) is 9.47 Å². The van der Waals surface area contributed by atoms with Crippen LogP contribution >= 0.6 is 0 Å². The van der Waals surface area contributed by atoms with Crippen LogP contribution in [0.5, 0.6) is 5.75 Å². The van der Waals surface area contributed by atoms with Crippen LogP contribution in [0.2, 0.25) is 0 Å². The van der Waals surface area contributed by atoms with Crippen molar-refractivity contribution in [1.29, 1.82) is 0 Å². The third kappa shape index (κ3) is 3.50. The van der Waals surface area contributed by atoms with Crippen molar-refractivity contribution in [3.63, 3.8) is 0 Å². The quantitative estimate of drug-likeness (QED) is 0.718. The molecule has 0 atom stereocenters. The summed E-state index contributed by atoms with van der Waals surface area (Å²) >= 11 is 0. The van der Waals surface area contributed by atoms with Crippen molar-refractivity contribution in [2.24, 2.45) is 0 Å². The molecule has 2 aromatic carbocycles. The molecule has 22 heavy (non-hydrogen) atoms. The summed E-state index contributed by atoms with van der Waals surface area (Å²) in [5.41, 5.74) is 6.93. The smallest absolute Gasteiger partial charge is 0.122 e. The molecular formula is C20H24O2. The Bertz CT molecular complexity index is 644. The molecule has 116 valence electrons. The average Bonchev–Trinajstić information content (AvgIpc) is 2.56. The van der Waals surface area contributed by atoms with Crippen molar-refractivity contribution in [2.45, 2.75) is 39.7 Å². The number of rotatable bonds is 0. The number of ether oxygens (including phenoxy) is 2. The lowest BCUT2D eigenvalue weighted by Crippen LogP contribution is -2.10. The summed E-state index contributed by atoms with van der Waals surface area (Å²) in [6.07, 6.45) is 3.42. The van der Waals surface area contributed by atoms with Gasteiger partial charge in [0.1, 0.15) is 5.75 Å². The lowest BCUT2D eigenvalue weighted by Gasteiger charge is -2.17. The van der Waals surface area contributed by atoms with Crippen LogP contribution < -0.4 is 4.74 Å². The Kier molecular flexibility index (Phi) is 4.79. The van der Waals surface area contributed by atoms with E-state index in [2.05, 4.69) is 50.2 Å². The molecule has 0 amide bonds. The van der Waals surface area contributed by atoms with Crippen molar-refractivity contribution in [3.05, 3.63) is 64.2 Å². The zero-order chi connectivity index (χ0) is 15.4. The Morgan fingerprint density at radius 3 is 2.68 bits per heavy atom. The van der Waals surface area contributed by atoms with Gasteiger partial charge in [0.25, 0.3) is 0 Å². The third-order valence-corrected chi connectivity index (χ3v) is 4.33. The molecule has 2 heteroatoms. The first-order chi connectivity index (χ1) is 10.7. The fraction of sp³-hybridized carbons (Fsp3) is 0.400. The van der Waals surface area contributed by atoms with Gasteiger partial charge in [-0.15, -0.1) is 0 Å². The van der Waals surface area contributed by atoms with Gasteiger partial charge in [0.2, 0.25) is 0 Å². The van der Waals surface area contributed by atoms with Gasteiger partial charge in [-0.25, -0.2) is 0 Å². The zero-order valence-electron chi connectivity index (χ0n) is 13.5. The number of aryl methyl sites for hydroxylation is 3. The molecule has 0 radical (unpaired) electrons. The first kappa shape index (κ1) is 15.1. The molecule has 0 saturated heterocycles. The summed E-state index contributed by atoms with van der Waals surface area (Å²) < 4.78 is 10.9. The first-order valence-electron chi connectivity index (χ1n) is 8.11. The normalized spacial score (nSPS) is 15.7. The monoisotopic (exact) mass is 296 g/mol. The molecule has 0 aromatic heterocycles. The molecule has 0 bridgehead atoms. The van der Waals surface area contributed by atoms with Gasteiger partial charge in [0.05, 0.1) is 19.8 Å². The van der Waals surface area contributed by atoms with E-state index in [1.54, 1.807) is 0 Å². The first-order valence-corrected chi connectivity index (χ1v) is 8.11. The predicted octanol–water partition coefficient (Wildman–Crippen LogP) is 4.39. The second-order valence-corrected chi connectivity index (χ2v) is 6.08. The number of hydrogen-bond acceptors (Lipinski definition) is 2. The minimum Gasteiger partial charge on any atom is -0.493 e.